The highest BCUT2D eigenvalue weighted by Gasteiger charge is 2.02. The van der Waals surface area contributed by atoms with Gasteiger partial charge in [0, 0.05) is 12.2 Å². The molecule has 1 heteroatoms. The summed E-state index contributed by atoms with van der Waals surface area (Å²) in [6, 6.07) is 10.7. The molecule has 0 amide bonds. The van der Waals surface area contributed by atoms with Crippen molar-refractivity contribution < 1.29 is 0 Å². The van der Waals surface area contributed by atoms with Crippen LogP contribution >= 0.6 is 0 Å². The first-order chi connectivity index (χ1) is 7.95. The Labute approximate surface area is 98.6 Å². The van der Waals surface area contributed by atoms with E-state index in [1.54, 1.807) is 0 Å². The molecular formula is C15H20N. The number of hydrogen-bond donors (Lipinski definition) is 1. The largest absolute Gasteiger partial charge is 0.388 e. The van der Waals surface area contributed by atoms with Gasteiger partial charge in [-0.25, -0.2) is 0 Å². The number of rotatable bonds is 5. The van der Waals surface area contributed by atoms with Gasteiger partial charge >= 0.3 is 0 Å². The van der Waals surface area contributed by atoms with Gasteiger partial charge in [0.15, 0.2) is 0 Å². The van der Waals surface area contributed by atoms with E-state index in [0.717, 1.165) is 13.0 Å². The molecular weight excluding hydrogens is 194 g/mol. The maximum absolute atomic E-state index is 3.50. The predicted molar refractivity (Wildman–Crippen MR) is 68.0 cm³/mol. The van der Waals surface area contributed by atoms with Crippen LogP contribution in [-0.4, -0.2) is 6.54 Å². The van der Waals surface area contributed by atoms with Gasteiger partial charge in [-0.2, -0.15) is 0 Å². The molecule has 1 aliphatic carbocycles. The highest BCUT2D eigenvalue weighted by Crippen LogP contribution is 2.14. The zero-order valence-corrected chi connectivity index (χ0v) is 9.84. The van der Waals surface area contributed by atoms with Crippen LogP contribution in [0.2, 0.25) is 0 Å². The van der Waals surface area contributed by atoms with Crippen LogP contribution in [0.3, 0.4) is 0 Å². The molecule has 0 fully saturated rings. The average Bonchev–Trinajstić information content (AvgIpc) is 2.37. The summed E-state index contributed by atoms with van der Waals surface area (Å²) in [5.41, 5.74) is 2.78. The Kier molecular flexibility index (Phi) is 4.48. The molecule has 0 bridgehead atoms. The minimum atomic E-state index is 1.08. The van der Waals surface area contributed by atoms with E-state index in [1.165, 1.54) is 43.4 Å². The van der Waals surface area contributed by atoms with Crippen molar-refractivity contribution in [1.29, 1.82) is 0 Å². The van der Waals surface area contributed by atoms with Gasteiger partial charge in [0.05, 0.1) is 0 Å². The lowest BCUT2D eigenvalue weighted by Crippen LogP contribution is -2.17. The topological polar surface area (TPSA) is 12.0 Å². The molecule has 1 aromatic rings. The molecule has 0 spiro atoms. The highest BCUT2D eigenvalue weighted by atomic mass is 14.9. The van der Waals surface area contributed by atoms with Crippen molar-refractivity contribution in [2.24, 2.45) is 0 Å². The van der Waals surface area contributed by atoms with Gasteiger partial charge in [-0.3, -0.25) is 0 Å². The van der Waals surface area contributed by atoms with Gasteiger partial charge in [0.25, 0.3) is 0 Å². The third kappa shape index (κ3) is 3.73. The van der Waals surface area contributed by atoms with E-state index >= 15 is 0 Å². The van der Waals surface area contributed by atoms with Crippen LogP contribution in [0.4, 0.5) is 0 Å². The van der Waals surface area contributed by atoms with E-state index < -0.39 is 0 Å². The smallest absolute Gasteiger partial charge is 0.0147 e. The molecule has 1 nitrogen and oxygen atoms in total. The molecule has 16 heavy (non-hydrogen) atoms. The third-order valence-electron chi connectivity index (χ3n) is 3.02. The number of aryl methyl sites for hydroxylation is 1. The minimum absolute atomic E-state index is 1.08. The van der Waals surface area contributed by atoms with E-state index in [1.807, 2.05) is 0 Å². The lowest BCUT2D eigenvalue weighted by molar-refractivity contribution is 0.616. The lowest BCUT2D eigenvalue weighted by Gasteiger charge is -2.14. The SMILES string of the molecule is [C]1=C(NCCCc2ccccc2)CCCC1. The van der Waals surface area contributed by atoms with Crippen molar-refractivity contribution in [2.75, 3.05) is 6.54 Å². The molecule has 1 aliphatic rings. The van der Waals surface area contributed by atoms with Gasteiger partial charge < -0.3 is 5.32 Å². The highest BCUT2D eigenvalue weighted by molar-refractivity contribution is 5.14. The van der Waals surface area contributed by atoms with E-state index in [4.69, 9.17) is 0 Å². The monoisotopic (exact) mass is 214 g/mol. The molecule has 85 valence electrons. The van der Waals surface area contributed by atoms with Crippen molar-refractivity contribution in [3.05, 3.63) is 47.7 Å². The summed E-state index contributed by atoms with van der Waals surface area (Å²) >= 11 is 0. The molecule has 2 rings (SSSR count). The maximum Gasteiger partial charge on any atom is 0.0147 e. The summed E-state index contributed by atoms with van der Waals surface area (Å²) in [6.45, 7) is 1.08. The summed E-state index contributed by atoms with van der Waals surface area (Å²) in [5, 5.41) is 3.50. The second-order valence-corrected chi connectivity index (χ2v) is 4.38. The normalized spacial score (nSPS) is 15.6. The number of benzene rings is 1. The second-order valence-electron chi connectivity index (χ2n) is 4.38. The van der Waals surface area contributed by atoms with Crippen molar-refractivity contribution >= 4 is 0 Å². The summed E-state index contributed by atoms with van der Waals surface area (Å²) in [5.74, 6) is 0. The summed E-state index contributed by atoms with van der Waals surface area (Å²) in [4.78, 5) is 0. The predicted octanol–water partition coefficient (Wildman–Crippen LogP) is 3.47. The second kappa shape index (κ2) is 6.37. The Morgan fingerprint density at radius 1 is 1.12 bits per heavy atom. The lowest BCUT2D eigenvalue weighted by atomic mass is 10.0. The zero-order chi connectivity index (χ0) is 11.1. The average molecular weight is 214 g/mol. The molecule has 0 aromatic heterocycles. The molecule has 1 radical (unpaired) electrons. The van der Waals surface area contributed by atoms with Crippen molar-refractivity contribution in [3.63, 3.8) is 0 Å². The Bertz CT molecular complexity index is 327. The quantitative estimate of drug-likeness (QED) is 0.740. The fraction of sp³-hybridized carbons (Fsp3) is 0.467. The Morgan fingerprint density at radius 3 is 2.75 bits per heavy atom. The number of allylic oxidation sites excluding steroid dienone is 2. The van der Waals surface area contributed by atoms with Crippen LogP contribution in [0, 0.1) is 6.08 Å². The van der Waals surface area contributed by atoms with Gasteiger partial charge in [-0.1, -0.05) is 30.3 Å². The Morgan fingerprint density at radius 2 is 2.00 bits per heavy atom. The van der Waals surface area contributed by atoms with Crippen LogP contribution in [0.1, 0.15) is 37.7 Å². The van der Waals surface area contributed by atoms with Gasteiger partial charge in [0.2, 0.25) is 0 Å². The van der Waals surface area contributed by atoms with Crippen molar-refractivity contribution in [2.45, 2.75) is 38.5 Å². The van der Waals surface area contributed by atoms with Crippen LogP contribution in [0.5, 0.6) is 0 Å². The molecule has 1 N–H and O–H groups in total. The van der Waals surface area contributed by atoms with Crippen LogP contribution in [0.25, 0.3) is 0 Å². The summed E-state index contributed by atoms with van der Waals surface area (Å²) < 4.78 is 0. The molecule has 0 unspecified atom stereocenters. The van der Waals surface area contributed by atoms with Crippen LogP contribution < -0.4 is 5.32 Å². The van der Waals surface area contributed by atoms with Gasteiger partial charge in [-0.05, 0) is 50.2 Å². The Hall–Kier alpha value is -1.24. The standard InChI is InChI=1S/C15H20N/c1-3-8-14(9-4-1)10-7-13-16-15-11-5-2-6-12-15/h1,3-4,8-9,16H,2,5-7,10-11,13H2. The molecule has 1 aromatic carbocycles. The van der Waals surface area contributed by atoms with E-state index in [-0.39, 0.29) is 0 Å². The van der Waals surface area contributed by atoms with Crippen LogP contribution in [0.15, 0.2) is 36.0 Å². The molecule has 0 saturated carbocycles. The van der Waals surface area contributed by atoms with Crippen molar-refractivity contribution in [1.82, 2.24) is 5.32 Å². The molecule has 0 heterocycles. The van der Waals surface area contributed by atoms with Gasteiger partial charge in [-0.15, -0.1) is 0 Å². The maximum atomic E-state index is 3.50. The number of hydrogen-bond acceptors (Lipinski definition) is 1. The zero-order valence-electron chi connectivity index (χ0n) is 9.84. The fourth-order valence-corrected chi connectivity index (χ4v) is 2.08. The van der Waals surface area contributed by atoms with E-state index in [0.29, 0.717) is 0 Å². The minimum Gasteiger partial charge on any atom is -0.388 e. The molecule has 0 aliphatic heterocycles. The van der Waals surface area contributed by atoms with Gasteiger partial charge in [0.1, 0.15) is 0 Å². The summed E-state index contributed by atoms with van der Waals surface area (Å²) in [6.07, 6.45) is 10.8. The Balaban J connectivity index is 1.63. The van der Waals surface area contributed by atoms with Crippen molar-refractivity contribution in [3.8, 4) is 0 Å². The third-order valence-corrected chi connectivity index (χ3v) is 3.02. The summed E-state index contributed by atoms with van der Waals surface area (Å²) in [7, 11) is 0. The first kappa shape index (κ1) is 11.3. The fourth-order valence-electron chi connectivity index (χ4n) is 2.08. The molecule has 0 atom stereocenters. The number of nitrogens with one attached hydrogen (secondary N) is 1. The first-order valence-corrected chi connectivity index (χ1v) is 6.32. The van der Waals surface area contributed by atoms with Crippen LogP contribution in [-0.2, 0) is 6.42 Å². The first-order valence-electron chi connectivity index (χ1n) is 6.32. The van der Waals surface area contributed by atoms with E-state index in [9.17, 15) is 0 Å². The molecule has 0 saturated heterocycles. The van der Waals surface area contributed by atoms with E-state index in [2.05, 4.69) is 41.7 Å².